The van der Waals surface area contributed by atoms with Crippen LogP contribution in [0.4, 0.5) is 11.5 Å². The van der Waals surface area contributed by atoms with E-state index in [9.17, 15) is 14.4 Å². The zero-order valence-electron chi connectivity index (χ0n) is 16.1. The van der Waals surface area contributed by atoms with Gasteiger partial charge in [0.2, 0.25) is 0 Å². The topological polar surface area (TPSA) is 117 Å². The van der Waals surface area contributed by atoms with Crippen LogP contribution in [-0.2, 0) is 14.2 Å². The number of thiophene rings is 1. The first kappa shape index (κ1) is 20.2. The largest absolute Gasteiger partial charge is 0.465 e. The summed E-state index contributed by atoms with van der Waals surface area (Å²) in [5.41, 5.74) is 1.41. The molecule has 0 bridgehead atoms. The van der Waals surface area contributed by atoms with Crippen LogP contribution >= 0.6 is 11.3 Å². The Morgan fingerprint density at radius 1 is 0.897 bits per heavy atom. The molecule has 150 valence electrons. The fourth-order valence-electron chi connectivity index (χ4n) is 2.76. The molecule has 0 amide bonds. The predicted octanol–water partition coefficient (Wildman–Crippen LogP) is 3.10. The number of carbonyl (C=O) groups is 3. The maximum atomic E-state index is 12.0. The van der Waals surface area contributed by atoms with Gasteiger partial charge in [-0.1, -0.05) is 0 Å². The number of rotatable bonds is 5. The second-order valence-corrected chi connectivity index (χ2v) is 6.86. The zero-order valence-corrected chi connectivity index (χ0v) is 16.9. The van der Waals surface area contributed by atoms with Gasteiger partial charge in [0.15, 0.2) is 0 Å². The first-order valence-electron chi connectivity index (χ1n) is 8.30. The van der Waals surface area contributed by atoms with Crippen LogP contribution in [-0.4, -0.2) is 49.2 Å². The zero-order chi connectivity index (χ0) is 21.1. The van der Waals surface area contributed by atoms with E-state index in [-0.39, 0.29) is 11.1 Å². The molecule has 2 heterocycles. The van der Waals surface area contributed by atoms with Crippen LogP contribution in [0.15, 0.2) is 24.5 Å². The lowest BCUT2D eigenvalue weighted by Gasteiger charge is -2.11. The Hall–Kier alpha value is -3.53. The van der Waals surface area contributed by atoms with Crippen molar-refractivity contribution in [1.82, 2.24) is 9.97 Å². The molecule has 1 N–H and O–H groups in total. The number of ether oxygens (including phenoxy) is 3. The number of nitrogens with one attached hydrogen (secondary N) is 1. The van der Waals surface area contributed by atoms with Crippen molar-refractivity contribution in [2.75, 3.05) is 26.6 Å². The average Bonchev–Trinajstić information content (AvgIpc) is 3.09. The highest BCUT2D eigenvalue weighted by atomic mass is 32.1. The quantitative estimate of drug-likeness (QED) is 0.495. The molecule has 0 spiro atoms. The van der Waals surface area contributed by atoms with E-state index in [1.807, 2.05) is 0 Å². The van der Waals surface area contributed by atoms with Gasteiger partial charge in [0.1, 0.15) is 21.9 Å². The summed E-state index contributed by atoms with van der Waals surface area (Å²) < 4.78 is 14.3. The van der Waals surface area contributed by atoms with Crippen molar-refractivity contribution >= 4 is 51.0 Å². The van der Waals surface area contributed by atoms with E-state index in [2.05, 4.69) is 15.3 Å². The Morgan fingerprint density at radius 3 is 2.03 bits per heavy atom. The van der Waals surface area contributed by atoms with Crippen LogP contribution in [0.25, 0.3) is 10.2 Å². The maximum Gasteiger partial charge on any atom is 0.348 e. The number of anilines is 2. The molecule has 0 aliphatic carbocycles. The third-order valence-corrected chi connectivity index (χ3v) is 5.32. The summed E-state index contributed by atoms with van der Waals surface area (Å²) in [7, 11) is 3.80. The van der Waals surface area contributed by atoms with Crippen LogP contribution in [0.2, 0.25) is 0 Å². The van der Waals surface area contributed by atoms with Crippen LogP contribution in [0.1, 0.15) is 36.0 Å². The third kappa shape index (κ3) is 3.87. The Bertz CT molecular complexity index is 1090. The number of hydrogen-bond acceptors (Lipinski definition) is 10. The summed E-state index contributed by atoms with van der Waals surface area (Å²) in [5, 5.41) is 3.72. The molecule has 9 nitrogen and oxygen atoms in total. The van der Waals surface area contributed by atoms with Crippen molar-refractivity contribution in [2.24, 2.45) is 0 Å². The van der Waals surface area contributed by atoms with Gasteiger partial charge in [0.05, 0.1) is 37.8 Å². The number of fused-ring (bicyclic) bond motifs is 1. The van der Waals surface area contributed by atoms with Crippen LogP contribution < -0.4 is 5.32 Å². The number of aryl methyl sites for hydroxylation is 1. The minimum atomic E-state index is -0.605. The Kier molecular flexibility index (Phi) is 5.74. The SMILES string of the molecule is COC(=O)c1cc(Nc2ncnc3sc(C(=O)OC)c(C)c23)cc(C(=O)OC)c1. The van der Waals surface area contributed by atoms with Gasteiger partial charge < -0.3 is 19.5 Å². The molecule has 0 aliphatic heterocycles. The van der Waals surface area contributed by atoms with E-state index in [0.29, 0.717) is 32.2 Å². The lowest BCUT2D eigenvalue weighted by Crippen LogP contribution is -2.08. The van der Waals surface area contributed by atoms with Gasteiger partial charge in [-0.15, -0.1) is 11.3 Å². The van der Waals surface area contributed by atoms with Crippen molar-refractivity contribution in [3.63, 3.8) is 0 Å². The minimum absolute atomic E-state index is 0.167. The number of aromatic nitrogens is 2. The first-order valence-corrected chi connectivity index (χ1v) is 9.12. The minimum Gasteiger partial charge on any atom is -0.465 e. The van der Waals surface area contributed by atoms with Gasteiger partial charge in [-0.25, -0.2) is 24.4 Å². The molecule has 0 radical (unpaired) electrons. The van der Waals surface area contributed by atoms with Gasteiger partial charge >= 0.3 is 17.9 Å². The van der Waals surface area contributed by atoms with Crippen molar-refractivity contribution in [3.05, 3.63) is 46.1 Å². The second-order valence-electron chi connectivity index (χ2n) is 5.86. The first-order chi connectivity index (χ1) is 13.9. The highest BCUT2D eigenvalue weighted by Crippen LogP contribution is 2.35. The smallest absolute Gasteiger partial charge is 0.348 e. The number of benzene rings is 1. The second kappa shape index (κ2) is 8.23. The fourth-order valence-corrected chi connectivity index (χ4v) is 3.83. The average molecular weight is 415 g/mol. The van der Waals surface area contributed by atoms with E-state index < -0.39 is 17.9 Å². The summed E-state index contributed by atoms with van der Waals surface area (Å²) in [5.74, 6) is -1.26. The third-order valence-electron chi connectivity index (χ3n) is 4.14. The molecule has 3 rings (SSSR count). The van der Waals surface area contributed by atoms with E-state index in [1.54, 1.807) is 6.92 Å². The number of hydrogen-bond donors (Lipinski definition) is 1. The number of nitrogens with zero attached hydrogens (tertiary/aromatic N) is 2. The van der Waals surface area contributed by atoms with Crippen molar-refractivity contribution < 1.29 is 28.6 Å². The van der Waals surface area contributed by atoms with E-state index in [0.717, 1.165) is 0 Å². The Morgan fingerprint density at radius 2 is 1.48 bits per heavy atom. The molecule has 0 saturated carbocycles. The van der Waals surface area contributed by atoms with Gasteiger partial charge in [-0.3, -0.25) is 0 Å². The molecule has 1 aromatic carbocycles. The van der Waals surface area contributed by atoms with Gasteiger partial charge in [-0.2, -0.15) is 0 Å². The van der Waals surface area contributed by atoms with Crippen LogP contribution in [0.5, 0.6) is 0 Å². The highest BCUT2D eigenvalue weighted by Gasteiger charge is 2.20. The monoisotopic (exact) mass is 415 g/mol. The molecular weight excluding hydrogens is 398 g/mol. The fraction of sp³-hybridized carbons (Fsp3) is 0.211. The molecule has 0 atom stereocenters. The van der Waals surface area contributed by atoms with Crippen molar-refractivity contribution in [3.8, 4) is 0 Å². The summed E-state index contributed by atoms with van der Waals surface area (Å²) >= 11 is 1.19. The molecule has 2 aromatic heterocycles. The number of esters is 3. The molecule has 29 heavy (non-hydrogen) atoms. The Balaban J connectivity index is 2.11. The van der Waals surface area contributed by atoms with Gasteiger partial charge in [0, 0.05) is 5.69 Å². The Labute approximate surface area is 169 Å². The maximum absolute atomic E-state index is 12.0. The summed E-state index contributed by atoms with van der Waals surface area (Å²) in [6.07, 6.45) is 1.35. The van der Waals surface area contributed by atoms with Gasteiger partial charge in [-0.05, 0) is 30.7 Å². The predicted molar refractivity (Wildman–Crippen MR) is 106 cm³/mol. The van der Waals surface area contributed by atoms with Crippen molar-refractivity contribution in [1.29, 1.82) is 0 Å². The molecule has 10 heteroatoms. The lowest BCUT2D eigenvalue weighted by atomic mass is 10.1. The molecule has 0 aliphatic rings. The van der Waals surface area contributed by atoms with E-state index in [1.165, 1.54) is 57.2 Å². The van der Waals surface area contributed by atoms with Crippen LogP contribution in [0, 0.1) is 6.92 Å². The van der Waals surface area contributed by atoms with Crippen molar-refractivity contribution in [2.45, 2.75) is 6.92 Å². The molecule has 0 unspecified atom stereocenters. The van der Waals surface area contributed by atoms with Gasteiger partial charge in [0.25, 0.3) is 0 Å². The molecular formula is C19H17N3O6S. The molecule has 0 saturated heterocycles. The highest BCUT2D eigenvalue weighted by molar-refractivity contribution is 7.20. The lowest BCUT2D eigenvalue weighted by molar-refractivity contribution is 0.0589. The normalized spacial score (nSPS) is 10.5. The standard InChI is InChI=1S/C19H17N3O6S/c1-9-13-15(20-8-21-16(13)29-14(9)19(25)28-4)22-12-6-10(17(23)26-2)5-11(7-12)18(24)27-3/h5-8H,1-4H3,(H,20,21,22). The van der Waals surface area contributed by atoms with Crippen LogP contribution in [0.3, 0.4) is 0 Å². The molecule has 0 fully saturated rings. The molecule has 3 aromatic rings. The summed E-state index contributed by atoms with van der Waals surface area (Å²) in [6.45, 7) is 1.77. The summed E-state index contributed by atoms with van der Waals surface area (Å²) in [6, 6.07) is 4.42. The van der Waals surface area contributed by atoms with E-state index in [4.69, 9.17) is 14.2 Å². The summed E-state index contributed by atoms with van der Waals surface area (Å²) in [4.78, 5) is 45.4. The number of carbonyl (C=O) groups excluding carboxylic acids is 3. The van der Waals surface area contributed by atoms with E-state index >= 15 is 0 Å². The number of methoxy groups -OCH3 is 3.